The molecule has 0 saturated heterocycles. The Balaban J connectivity index is 1.80. The van der Waals surface area contributed by atoms with E-state index in [1.807, 2.05) is 0 Å². The second-order valence-electron chi connectivity index (χ2n) is 4.24. The van der Waals surface area contributed by atoms with E-state index in [0.717, 1.165) is 0 Å². The number of nitrogens with zero attached hydrogens (tertiary/aromatic N) is 1. The van der Waals surface area contributed by atoms with Crippen molar-refractivity contribution < 1.29 is 18.7 Å². The van der Waals surface area contributed by atoms with Crippen LogP contribution >= 0.6 is 23.2 Å². The largest absolute Gasteiger partial charge is 0.484 e. The molecule has 2 aromatic rings. The molecule has 0 aliphatic heterocycles. The molecular weight excluding hydrogens is 348 g/mol. The van der Waals surface area contributed by atoms with Crippen LogP contribution in [-0.2, 0) is 4.79 Å². The van der Waals surface area contributed by atoms with Crippen LogP contribution in [0.15, 0.2) is 36.5 Å². The maximum absolute atomic E-state index is 12.7. The van der Waals surface area contributed by atoms with Gasteiger partial charge in [0.1, 0.15) is 16.7 Å². The number of aromatic nitrogens is 1. The number of benzene rings is 1. The predicted octanol–water partition coefficient (Wildman–Crippen LogP) is 2.37. The summed E-state index contributed by atoms with van der Waals surface area (Å²) in [5.41, 5.74) is 4.45. The number of halogens is 3. The van der Waals surface area contributed by atoms with E-state index in [4.69, 9.17) is 27.9 Å². The summed E-state index contributed by atoms with van der Waals surface area (Å²) in [6, 6.07) is 6.47. The highest BCUT2D eigenvalue weighted by Crippen LogP contribution is 2.19. The van der Waals surface area contributed by atoms with Gasteiger partial charge >= 0.3 is 0 Å². The number of hydrogen-bond donors (Lipinski definition) is 2. The van der Waals surface area contributed by atoms with Crippen LogP contribution in [-0.4, -0.2) is 23.4 Å². The second-order valence-corrected chi connectivity index (χ2v) is 5.01. The Bertz CT molecular complexity index is 726. The molecule has 2 rings (SSSR count). The topological polar surface area (TPSA) is 80.3 Å². The minimum absolute atomic E-state index is 0.0694. The van der Waals surface area contributed by atoms with Crippen molar-refractivity contribution in [3.63, 3.8) is 0 Å². The third-order valence-electron chi connectivity index (χ3n) is 2.56. The quantitative estimate of drug-likeness (QED) is 0.650. The van der Waals surface area contributed by atoms with Crippen molar-refractivity contribution in [1.29, 1.82) is 0 Å². The van der Waals surface area contributed by atoms with Gasteiger partial charge in [0.2, 0.25) is 0 Å². The highest BCUT2D eigenvalue weighted by atomic mass is 35.5. The van der Waals surface area contributed by atoms with Crippen LogP contribution in [0.4, 0.5) is 4.39 Å². The molecule has 1 aromatic heterocycles. The number of hydrogen-bond acceptors (Lipinski definition) is 4. The van der Waals surface area contributed by atoms with E-state index in [1.165, 1.54) is 36.5 Å². The van der Waals surface area contributed by atoms with Gasteiger partial charge in [0.15, 0.2) is 6.61 Å². The van der Waals surface area contributed by atoms with Crippen molar-refractivity contribution in [2.75, 3.05) is 6.61 Å². The summed E-state index contributed by atoms with van der Waals surface area (Å²) in [6.45, 7) is -0.356. The monoisotopic (exact) mass is 357 g/mol. The molecule has 0 fully saturated rings. The highest BCUT2D eigenvalue weighted by Gasteiger charge is 2.10. The first-order valence-electron chi connectivity index (χ1n) is 6.24. The number of amides is 2. The van der Waals surface area contributed by atoms with Crippen molar-refractivity contribution in [3.8, 4) is 5.75 Å². The van der Waals surface area contributed by atoms with E-state index < -0.39 is 17.6 Å². The van der Waals surface area contributed by atoms with Crippen LogP contribution in [0, 0.1) is 5.82 Å². The fraction of sp³-hybridized carbons (Fsp3) is 0.0714. The van der Waals surface area contributed by atoms with Gasteiger partial charge in [-0.1, -0.05) is 23.2 Å². The van der Waals surface area contributed by atoms with E-state index in [0.29, 0.717) is 5.75 Å². The van der Waals surface area contributed by atoms with Crippen LogP contribution in [0.2, 0.25) is 10.2 Å². The molecule has 2 N–H and O–H groups in total. The third kappa shape index (κ3) is 5.08. The summed E-state index contributed by atoms with van der Waals surface area (Å²) >= 11 is 11.4. The molecule has 120 valence electrons. The first-order chi connectivity index (χ1) is 11.0. The Kier molecular flexibility index (Phi) is 5.72. The third-order valence-corrected chi connectivity index (χ3v) is 3.24. The molecule has 2 amide bonds. The number of ether oxygens (including phenoxy) is 1. The first kappa shape index (κ1) is 17.0. The molecule has 0 atom stereocenters. The number of pyridine rings is 1. The Morgan fingerprint density at radius 3 is 2.52 bits per heavy atom. The molecule has 0 unspecified atom stereocenters. The van der Waals surface area contributed by atoms with E-state index >= 15 is 0 Å². The fourth-order valence-electron chi connectivity index (χ4n) is 1.46. The van der Waals surface area contributed by atoms with E-state index in [2.05, 4.69) is 15.8 Å². The molecule has 1 aromatic carbocycles. The summed E-state index contributed by atoms with van der Waals surface area (Å²) in [4.78, 5) is 27.0. The van der Waals surface area contributed by atoms with Gasteiger partial charge in [0, 0.05) is 6.20 Å². The summed E-state index contributed by atoms with van der Waals surface area (Å²) in [6.07, 6.45) is 1.21. The van der Waals surface area contributed by atoms with Gasteiger partial charge in [-0.25, -0.2) is 9.37 Å². The average molecular weight is 358 g/mol. The number of hydrazine groups is 1. The van der Waals surface area contributed by atoms with Crippen molar-refractivity contribution in [2.45, 2.75) is 0 Å². The number of carbonyl (C=O) groups is 2. The van der Waals surface area contributed by atoms with Crippen LogP contribution in [0.3, 0.4) is 0 Å². The van der Waals surface area contributed by atoms with Crippen molar-refractivity contribution in [2.24, 2.45) is 0 Å². The zero-order chi connectivity index (χ0) is 16.8. The Hall–Kier alpha value is -2.38. The lowest BCUT2D eigenvalue weighted by molar-refractivity contribution is -0.123. The lowest BCUT2D eigenvalue weighted by atomic mass is 10.3. The first-order valence-corrected chi connectivity index (χ1v) is 7.00. The van der Waals surface area contributed by atoms with E-state index in [9.17, 15) is 14.0 Å². The lowest BCUT2D eigenvalue weighted by Crippen LogP contribution is -2.43. The van der Waals surface area contributed by atoms with Crippen molar-refractivity contribution in [3.05, 3.63) is 58.1 Å². The van der Waals surface area contributed by atoms with Gasteiger partial charge in [-0.05, 0) is 30.3 Å². The van der Waals surface area contributed by atoms with E-state index in [1.54, 1.807) is 0 Å². The molecule has 1 heterocycles. The molecule has 0 bridgehead atoms. The highest BCUT2D eigenvalue weighted by molar-refractivity contribution is 6.41. The molecule has 9 heteroatoms. The SMILES string of the molecule is O=C(COc1ccc(F)cc1)NNC(=O)c1cnc(Cl)c(Cl)c1. The number of rotatable bonds is 4. The Labute approximate surface area is 140 Å². The zero-order valence-electron chi connectivity index (χ0n) is 11.5. The van der Waals surface area contributed by atoms with Crippen LogP contribution < -0.4 is 15.6 Å². The summed E-state index contributed by atoms with van der Waals surface area (Å²) in [5.74, 6) is -1.31. The minimum atomic E-state index is -0.619. The lowest BCUT2D eigenvalue weighted by Gasteiger charge is -2.09. The van der Waals surface area contributed by atoms with Gasteiger partial charge in [0.05, 0.1) is 10.6 Å². The fourth-order valence-corrected chi connectivity index (χ4v) is 1.73. The average Bonchev–Trinajstić information content (AvgIpc) is 2.54. The van der Waals surface area contributed by atoms with Crippen molar-refractivity contribution in [1.82, 2.24) is 15.8 Å². The number of nitrogens with one attached hydrogen (secondary N) is 2. The van der Waals surface area contributed by atoms with Gasteiger partial charge in [0.25, 0.3) is 11.8 Å². The summed E-state index contributed by atoms with van der Waals surface area (Å²) in [7, 11) is 0. The molecular formula is C14H10Cl2FN3O3. The molecule has 0 aliphatic rings. The van der Waals surface area contributed by atoms with Crippen molar-refractivity contribution >= 4 is 35.0 Å². The number of carbonyl (C=O) groups excluding carboxylic acids is 2. The standard InChI is InChI=1S/C14H10Cl2FN3O3/c15-11-5-8(6-18-13(11)16)14(22)20-19-12(21)7-23-10-3-1-9(17)2-4-10/h1-6H,7H2,(H,19,21)(H,20,22). The zero-order valence-corrected chi connectivity index (χ0v) is 13.0. The molecule has 0 saturated carbocycles. The van der Waals surface area contributed by atoms with Crippen LogP contribution in [0.5, 0.6) is 5.75 Å². The molecule has 0 spiro atoms. The van der Waals surface area contributed by atoms with Crippen LogP contribution in [0.25, 0.3) is 0 Å². The summed E-state index contributed by atoms with van der Waals surface area (Å²) in [5, 5.41) is 0.185. The smallest absolute Gasteiger partial charge is 0.276 e. The maximum atomic E-state index is 12.7. The van der Waals surface area contributed by atoms with Gasteiger partial charge in [-0.15, -0.1) is 0 Å². The van der Waals surface area contributed by atoms with Gasteiger partial charge in [-0.3, -0.25) is 20.4 Å². The predicted molar refractivity (Wildman–Crippen MR) is 81.8 cm³/mol. The molecule has 23 heavy (non-hydrogen) atoms. The van der Waals surface area contributed by atoms with Gasteiger partial charge < -0.3 is 4.74 Å². The molecule has 0 aliphatic carbocycles. The Morgan fingerprint density at radius 2 is 1.87 bits per heavy atom. The van der Waals surface area contributed by atoms with E-state index in [-0.39, 0.29) is 22.3 Å². The second kappa shape index (κ2) is 7.75. The van der Waals surface area contributed by atoms with Gasteiger partial charge in [-0.2, -0.15) is 0 Å². The molecule has 0 radical (unpaired) electrons. The summed E-state index contributed by atoms with van der Waals surface area (Å²) < 4.78 is 17.8. The van der Waals surface area contributed by atoms with Crippen LogP contribution in [0.1, 0.15) is 10.4 Å². The Morgan fingerprint density at radius 1 is 1.17 bits per heavy atom. The normalized spacial score (nSPS) is 10.0. The minimum Gasteiger partial charge on any atom is -0.484 e. The maximum Gasteiger partial charge on any atom is 0.276 e. The molecule has 6 nitrogen and oxygen atoms in total.